The molecule has 0 aliphatic carbocycles. The van der Waals surface area contributed by atoms with E-state index in [0.29, 0.717) is 18.4 Å². The van der Waals surface area contributed by atoms with Gasteiger partial charge in [0, 0.05) is 56.2 Å². The van der Waals surface area contributed by atoms with Crippen LogP contribution in [0.3, 0.4) is 0 Å². The summed E-state index contributed by atoms with van der Waals surface area (Å²) < 4.78 is 0. The number of carbonyl (C=O) groups is 2. The highest BCUT2D eigenvalue weighted by Gasteiger charge is 2.39. The first-order valence-corrected chi connectivity index (χ1v) is 20.4. The molecule has 13 heteroatoms. The number of H-pyrrole nitrogens is 1. The molecule has 4 atom stereocenters. The zero-order valence-electron chi connectivity index (χ0n) is 33.5. The third-order valence-corrected chi connectivity index (χ3v) is 11.5. The third kappa shape index (κ3) is 8.25. The summed E-state index contributed by atoms with van der Waals surface area (Å²) in [5.41, 5.74) is 7.52. The van der Waals surface area contributed by atoms with Gasteiger partial charge in [-0.2, -0.15) is 0 Å². The highest BCUT2D eigenvalue weighted by Crippen LogP contribution is 2.35. The lowest BCUT2D eigenvalue weighted by molar-refractivity contribution is -0.134. The van der Waals surface area contributed by atoms with Crippen LogP contribution in [0.1, 0.15) is 77.2 Å². The molecule has 2 aromatic carbocycles. The van der Waals surface area contributed by atoms with E-state index in [4.69, 9.17) is 9.98 Å². The van der Waals surface area contributed by atoms with Gasteiger partial charge in [-0.25, -0.2) is 24.9 Å². The molecule has 298 valence electrons. The molecular weight excluding hydrogens is 727 g/mol. The van der Waals surface area contributed by atoms with Gasteiger partial charge in [-0.15, -0.1) is 0 Å². The second kappa shape index (κ2) is 17.1. The van der Waals surface area contributed by atoms with Gasteiger partial charge in [-0.05, 0) is 77.5 Å². The smallest absolute Gasteiger partial charge is 0.246 e. The van der Waals surface area contributed by atoms with Gasteiger partial charge in [0.1, 0.15) is 17.9 Å². The maximum atomic E-state index is 13.9. The predicted molar refractivity (Wildman–Crippen MR) is 226 cm³/mol. The van der Waals surface area contributed by atoms with Crippen molar-refractivity contribution in [1.29, 1.82) is 0 Å². The number of hydrogen-bond donors (Lipinski definition) is 3. The van der Waals surface area contributed by atoms with Crippen molar-refractivity contribution in [2.75, 3.05) is 23.7 Å². The number of allylic oxidation sites excluding steroid dienone is 1. The molecule has 0 unspecified atom stereocenters. The third-order valence-electron chi connectivity index (χ3n) is 11.5. The van der Waals surface area contributed by atoms with Crippen LogP contribution in [0, 0.1) is 11.8 Å². The summed E-state index contributed by atoms with van der Waals surface area (Å²) in [4.78, 5) is 61.9. The molecule has 0 radical (unpaired) electrons. The van der Waals surface area contributed by atoms with Crippen molar-refractivity contribution in [3.63, 3.8) is 0 Å². The first-order chi connectivity index (χ1) is 28.2. The highest BCUT2D eigenvalue weighted by atomic mass is 16.2. The SMILES string of the molecule is CC(C)[C@H](Nc1ncccn1)C(=O)N1CCC[C@H]1C1=NC=C(c2ccc(-c3ccc(-c4cnc([C@@H]5CCCN5C(=O)[C@@H](Nc5ncccn5)C(C)C)[nH]4)cc3)cc2)C1. The Morgan fingerprint density at radius 2 is 1.14 bits per heavy atom. The summed E-state index contributed by atoms with van der Waals surface area (Å²) in [5.74, 6) is 1.94. The van der Waals surface area contributed by atoms with E-state index in [1.165, 1.54) is 0 Å². The van der Waals surface area contributed by atoms with E-state index in [1.807, 2.05) is 49.9 Å². The minimum Gasteiger partial charge on any atom is -0.342 e. The van der Waals surface area contributed by atoms with Gasteiger partial charge in [0.15, 0.2) is 0 Å². The number of likely N-dealkylation sites (tertiary alicyclic amines) is 2. The van der Waals surface area contributed by atoms with Gasteiger partial charge < -0.3 is 25.4 Å². The molecule has 2 fully saturated rings. The molecule has 13 nitrogen and oxygen atoms in total. The van der Waals surface area contributed by atoms with Crippen molar-refractivity contribution < 1.29 is 9.59 Å². The molecule has 3 aliphatic heterocycles. The molecule has 2 saturated heterocycles. The number of aromatic nitrogens is 6. The highest BCUT2D eigenvalue weighted by molar-refractivity contribution is 6.04. The van der Waals surface area contributed by atoms with Crippen LogP contribution < -0.4 is 10.6 Å². The van der Waals surface area contributed by atoms with E-state index in [9.17, 15) is 9.59 Å². The summed E-state index contributed by atoms with van der Waals surface area (Å²) in [5, 5.41) is 6.53. The second-order valence-corrected chi connectivity index (χ2v) is 16.0. The van der Waals surface area contributed by atoms with Gasteiger partial charge >= 0.3 is 0 Å². The standard InChI is InChI=1S/C45H51N11O2/c1-28(2)39(53-44-46-19-7-20-47-44)42(57)55-23-5-9-37(55)35-25-34(26-50-35)32-13-11-30(12-14-32)31-15-17-33(18-16-31)36-27-51-41(52-36)38-10-6-24-56(38)43(58)40(29(3)4)54-45-48-21-8-22-49-45/h7-8,11-22,26-29,37-40H,5-6,9-10,23-25H2,1-4H3,(H,51,52)(H,46,47,53)(H,48,49,54)/t37-,38-,39-,40-/m0/s1. The monoisotopic (exact) mass is 777 g/mol. The first-order valence-electron chi connectivity index (χ1n) is 20.4. The van der Waals surface area contributed by atoms with Crippen LogP contribution in [0.2, 0.25) is 0 Å². The first kappa shape index (κ1) is 38.6. The maximum Gasteiger partial charge on any atom is 0.246 e. The van der Waals surface area contributed by atoms with Gasteiger partial charge in [-0.1, -0.05) is 76.2 Å². The van der Waals surface area contributed by atoms with Crippen LogP contribution in [-0.2, 0) is 9.59 Å². The Hall–Kier alpha value is -6.24. The normalized spacial score (nSPS) is 19.0. The topological polar surface area (TPSA) is 157 Å². The van der Waals surface area contributed by atoms with Crippen molar-refractivity contribution in [1.82, 2.24) is 39.7 Å². The van der Waals surface area contributed by atoms with Crippen LogP contribution in [0.25, 0.3) is 28.0 Å². The number of amides is 2. The molecule has 0 bridgehead atoms. The van der Waals surface area contributed by atoms with Gasteiger partial charge in [0.25, 0.3) is 0 Å². The number of aromatic amines is 1. The zero-order valence-corrected chi connectivity index (χ0v) is 33.5. The number of nitrogens with one attached hydrogen (secondary N) is 3. The Morgan fingerprint density at radius 3 is 1.67 bits per heavy atom. The number of rotatable bonds is 13. The van der Waals surface area contributed by atoms with E-state index in [-0.39, 0.29) is 35.7 Å². The average molecular weight is 778 g/mol. The van der Waals surface area contributed by atoms with E-state index in [1.54, 1.807) is 36.9 Å². The fraction of sp³-hybridized carbons (Fsp3) is 0.378. The van der Waals surface area contributed by atoms with Crippen molar-refractivity contribution in [2.24, 2.45) is 16.8 Å². The van der Waals surface area contributed by atoms with Crippen LogP contribution in [0.15, 0.2) is 103 Å². The van der Waals surface area contributed by atoms with Crippen LogP contribution in [-0.4, -0.2) is 88.4 Å². The van der Waals surface area contributed by atoms with E-state index < -0.39 is 12.1 Å². The van der Waals surface area contributed by atoms with E-state index in [0.717, 1.165) is 83.7 Å². The Kier molecular flexibility index (Phi) is 11.4. The minimum atomic E-state index is -0.442. The lowest BCUT2D eigenvalue weighted by Crippen LogP contribution is -2.49. The number of benzene rings is 2. The Labute approximate surface area is 339 Å². The predicted octanol–water partition coefficient (Wildman–Crippen LogP) is 7.44. The lowest BCUT2D eigenvalue weighted by atomic mass is 9.95. The summed E-state index contributed by atoms with van der Waals surface area (Å²) in [6.07, 6.45) is 14.9. The number of anilines is 2. The Balaban J connectivity index is 0.884. The molecule has 2 amide bonds. The Bertz CT molecular complexity index is 2250. The fourth-order valence-electron chi connectivity index (χ4n) is 8.30. The molecule has 8 rings (SSSR count). The van der Waals surface area contributed by atoms with Crippen LogP contribution >= 0.6 is 0 Å². The number of aliphatic imine (C=N–C) groups is 1. The summed E-state index contributed by atoms with van der Waals surface area (Å²) in [6.45, 7) is 9.56. The lowest BCUT2D eigenvalue weighted by Gasteiger charge is -2.31. The molecule has 3 N–H and O–H groups in total. The fourth-order valence-corrected chi connectivity index (χ4v) is 8.30. The number of carbonyl (C=O) groups excluding carboxylic acids is 2. The number of imidazole rings is 1. The van der Waals surface area contributed by atoms with E-state index >= 15 is 0 Å². The average Bonchev–Trinajstić information content (AvgIpc) is 4.09. The van der Waals surface area contributed by atoms with Gasteiger partial charge in [0.05, 0.1) is 24.0 Å². The van der Waals surface area contributed by atoms with Crippen LogP contribution in [0.4, 0.5) is 11.9 Å². The molecule has 0 saturated carbocycles. The summed E-state index contributed by atoms with van der Waals surface area (Å²) in [7, 11) is 0. The largest absolute Gasteiger partial charge is 0.342 e. The Morgan fingerprint density at radius 1 is 0.655 bits per heavy atom. The molecule has 5 aromatic rings. The molecule has 0 spiro atoms. The van der Waals surface area contributed by atoms with Crippen molar-refractivity contribution in [2.45, 2.75) is 84.0 Å². The van der Waals surface area contributed by atoms with Gasteiger partial charge in [-0.3, -0.25) is 14.6 Å². The van der Waals surface area contributed by atoms with Crippen molar-refractivity contribution in [3.8, 4) is 22.4 Å². The van der Waals surface area contributed by atoms with Gasteiger partial charge in [0.2, 0.25) is 23.7 Å². The summed E-state index contributed by atoms with van der Waals surface area (Å²) in [6, 6.07) is 19.6. The molecule has 58 heavy (non-hydrogen) atoms. The zero-order chi connectivity index (χ0) is 40.2. The molecule has 6 heterocycles. The quantitative estimate of drug-likeness (QED) is 0.111. The van der Waals surface area contributed by atoms with Crippen LogP contribution in [0.5, 0.6) is 0 Å². The second-order valence-electron chi connectivity index (χ2n) is 16.0. The molecule has 3 aromatic heterocycles. The van der Waals surface area contributed by atoms with Crippen molar-refractivity contribution >= 4 is 35.0 Å². The summed E-state index contributed by atoms with van der Waals surface area (Å²) >= 11 is 0. The molecule has 3 aliphatic rings. The minimum absolute atomic E-state index is 0.0145. The number of hydrogen-bond acceptors (Lipinski definition) is 10. The molecular formula is C45H51N11O2. The van der Waals surface area contributed by atoms with Crippen molar-refractivity contribution in [3.05, 3.63) is 109 Å². The van der Waals surface area contributed by atoms with E-state index in [2.05, 4.69) is 84.1 Å². The maximum absolute atomic E-state index is 13.9. The number of nitrogens with zero attached hydrogens (tertiary/aromatic N) is 8.